The highest BCUT2D eigenvalue weighted by Crippen LogP contribution is 2.42. The maximum Gasteiger partial charge on any atom is 0.416 e. The Morgan fingerprint density at radius 2 is 1.97 bits per heavy atom. The lowest BCUT2D eigenvalue weighted by molar-refractivity contribution is 0.0735. The minimum atomic E-state index is -0.748. The summed E-state index contributed by atoms with van der Waals surface area (Å²) >= 11 is 1.16. The van der Waals surface area contributed by atoms with Gasteiger partial charge in [0.05, 0.1) is 17.8 Å². The van der Waals surface area contributed by atoms with Crippen LogP contribution in [0.25, 0.3) is 0 Å². The summed E-state index contributed by atoms with van der Waals surface area (Å²) in [6, 6.07) is 12.1. The van der Waals surface area contributed by atoms with Gasteiger partial charge in [-0.1, -0.05) is 12.1 Å². The Kier molecular flexibility index (Phi) is 6.15. The molecule has 0 aliphatic carbocycles. The first-order valence-corrected chi connectivity index (χ1v) is 10.7. The van der Waals surface area contributed by atoms with E-state index in [0.717, 1.165) is 17.7 Å². The molecule has 2 N–H and O–H groups in total. The van der Waals surface area contributed by atoms with E-state index in [1.54, 1.807) is 55.8 Å². The second-order valence-electron chi connectivity index (χ2n) is 7.49. The molecule has 1 aliphatic heterocycles. The van der Waals surface area contributed by atoms with Gasteiger partial charge in [-0.05, 0) is 45.2 Å². The summed E-state index contributed by atoms with van der Waals surface area (Å²) in [4.78, 5) is 22.5. The molecule has 1 aromatic heterocycles. The van der Waals surface area contributed by atoms with Crippen molar-refractivity contribution in [2.45, 2.75) is 25.9 Å². The van der Waals surface area contributed by atoms with Gasteiger partial charge in [0.15, 0.2) is 5.82 Å². The largest absolute Gasteiger partial charge is 0.424 e. The first-order valence-electron chi connectivity index (χ1n) is 9.85. The molecule has 0 radical (unpaired) electrons. The fraction of sp³-hybridized carbons (Fsp3) is 0.227. The zero-order valence-corrected chi connectivity index (χ0v) is 18.6. The van der Waals surface area contributed by atoms with Gasteiger partial charge < -0.3 is 14.2 Å². The van der Waals surface area contributed by atoms with E-state index in [1.165, 1.54) is 4.90 Å². The molecule has 32 heavy (non-hydrogen) atoms. The van der Waals surface area contributed by atoms with E-state index in [1.807, 2.05) is 19.9 Å². The van der Waals surface area contributed by atoms with E-state index in [2.05, 4.69) is 19.4 Å². The van der Waals surface area contributed by atoms with Crippen LogP contribution in [0.2, 0.25) is 0 Å². The summed E-state index contributed by atoms with van der Waals surface area (Å²) in [6.45, 7) is 3.83. The minimum Gasteiger partial charge on any atom is -0.424 e. The van der Waals surface area contributed by atoms with Gasteiger partial charge in [0.1, 0.15) is 11.5 Å². The van der Waals surface area contributed by atoms with Gasteiger partial charge in [0, 0.05) is 41.7 Å². The van der Waals surface area contributed by atoms with Crippen molar-refractivity contribution >= 4 is 23.9 Å². The van der Waals surface area contributed by atoms with E-state index in [9.17, 15) is 9.18 Å². The Morgan fingerprint density at radius 3 is 2.72 bits per heavy atom. The molecule has 3 aromatic rings. The van der Waals surface area contributed by atoms with Crippen LogP contribution in [0, 0.1) is 5.82 Å². The number of benzene rings is 2. The topological polar surface area (TPSA) is 88.6 Å². The van der Waals surface area contributed by atoms with Crippen molar-refractivity contribution in [3.63, 3.8) is 0 Å². The minimum absolute atomic E-state index is 0.0486. The molecular formula is C22H22FN5O3S. The maximum atomic E-state index is 15.0. The van der Waals surface area contributed by atoms with Crippen molar-refractivity contribution in [1.82, 2.24) is 19.6 Å². The summed E-state index contributed by atoms with van der Waals surface area (Å²) in [5, 5.41) is 0. The molecule has 0 atom stereocenters. The summed E-state index contributed by atoms with van der Waals surface area (Å²) < 4.78 is 31.9. The highest BCUT2D eigenvalue weighted by Gasteiger charge is 2.41. The van der Waals surface area contributed by atoms with E-state index in [0.29, 0.717) is 22.7 Å². The lowest BCUT2D eigenvalue weighted by atomic mass is 9.89. The van der Waals surface area contributed by atoms with Crippen LogP contribution < -0.4 is 18.9 Å². The third-order valence-corrected chi connectivity index (χ3v) is 5.65. The van der Waals surface area contributed by atoms with E-state index < -0.39 is 17.4 Å². The highest BCUT2D eigenvalue weighted by atomic mass is 32.2. The summed E-state index contributed by atoms with van der Waals surface area (Å²) in [5.74, 6) is 0.404. The number of carbonyl (C=O) groups is 1. The van der Waals surface area contributed by atoms with Crippen LogP contribution in [-0.4, -0.2) is 28.0 Å². The van der Waals surface area contributed by atoms with Gasteiger partial charge in [-0.3, -0.25) is 4.90 Å². The lowest BCUT2D eigenvalue weighted by Gasteiger charge is -2.42. The molecule has 0 spiro atoms. The Morgan fingerprint density at radius 1 is 1.19 bits per heavy atom. The van der Waals surface area contributed by atoms with E-state index >= 15 is 0 Å². The zero-order chi connectivity index (χ0) is 22.7. The molecule has 0 saturated heterocycles. The van der Waals surface area contributed by atoms with Crippen LogP contribution in [-0.2, 0) is 12.1 Å². The first kappa shape index (κ1) is 21.8. The van der Waals surface area contributed by atoms with E-state index in [-0.39, 0.29) is 12.6 Å². The molecule has 2 aromatic carbocycles. The predicted octanol–water partition coefficient (Wildman–Crippen LogP) is 4.85. The quantitative estimate of drug-likeness (QED) is 0.489. The van der Waals surface area contributed by atoms with Crippen molar-refractivity contribution in [3.8, 4) is 17.5 Å². The van der Waals surface area contributed by atoms with Crippen molar-refractivity contribution in [2.24, 2.45) is 0 Å². The van der Waals surface area contributed by atoms with Gasteiger partial charge in [0.25, 0.3) is 0 Å². The lowest BCUT2D eigenvalue weighted by Crippen LogP contribution is -2.50. The number of carbonyl (C=O) groups excluding carboxylic acids is 1. The molecule has 10 heteroatoms. The van der Waals surface area contributed by atoms with Gasteiger partial charge in [-0.15, -0.1) is 0 Å². The van der Waals surface area contributed by atoms with Crippen LogP contribution in [0.15, 0.2) is 54.9 Å². The van der Waals surface area contributed by atoms with Crippen molar-refractivity contribution in [1.29, 1.82) is 0 Å². The van der Waals surface area contributed by atoms with Crippen LogP contribution >= 0.6 is 12.1 Å². The summed E-state index contributed by atoms with van der Waals surface area (Å²) in [5.41, 5.74) is 0.734. The number of hydrogen-bond acceptors (Lipinski definition) is 8. The second kappa shape index (κ2) is 9.01. The van der Waals surface area contributed by atoms with Crippen LogP contribution in [0.3, 0.4) is 0 Å². The molecule has 4 rings (SSSR count). The number of amides is 1. The number of anilines is 1. The van der Waals surface area contributed by atoms with Gasteiger partial charge in [0.2, 0.25) is 0 Å². The Bertz CT molecular complexity index is 1130. The Balaban J connectivity index is 1.59. The number of hydrogen-bond donors (Lipinski definition) is 2. The molecular weight excluding hydrogens is 433 g/mol. The van der Waals surface area contributed by atoms with E-state index in [4.69, 9.17) is 9.47 Å². The number of nitrogens with zero attached hydrogens (tertiary/aromatic N) is 3. The number of halogens is 1. The first-order chi connectivity index (χ1) is 15.4. The molecule has 2 heterocycles. The fourth-order valence-corrected chi connectivity index (χ4v) is 3.81. The molecule has 0 fully saturated rings. The highest BCUT2D eigenvalue weighted by molar-refractivity contribution is 7.98. The average Bonchev–Trinajstić information content (AvgIpc) is 2.77. The molecule has 0 bridgehead atoms. The molecule has 8 nitrogen and oxygen atoms in total. The monoisotopic (exact) mass is 455 g/mol. The van der Waals surface area contributed by atoms with Crippen LogP contribution in [0.1, 0.15) is 25.0 Å². The SMILES string of the molecule is CNSNc1cccc(CN2C(=O)Oc3cc(Oc4ncccn4)ccc3C2(C)C)c1F. The summed E-state index contributed by atoms with van der Waals surface area (Å²) in [6.07, 6.45) is 2.57. The van der Waals surface area contributed by atoms with Gasteiger partial charge in [-0.2, -0.15) is 0 Å². The second-order valence-corrected chi connectivity index (χ2v) is 8.31. The zero-order valence-electron chi connectivity index (χ0n) is 17.8. The maximum absolute atomic E-state index is 15.0. The molecule has 1 amide bonds. The number of fused-ring (bicyclic) bond motifs is 1. The third kappa shape index (κ3) is 4.32. The molecule has 0 saturated carbocycles. The Labute approximate surface area is 189 Å². The molecule has 166 valence electrons. The summed E-state index contributed by atoms with van der Waals surface area (Å²) in [7, 11) is 1.73. The Hall–Kier alpha value is -3.37. The van der Waals surface area contributed by atoms with Gasteiger partial charge in [-0.25, -0.2) is 23.9 Å². The van der Waals surface area contributed by atoms with Gasteiger partial charge >= 0.3 is 12.1 Å². The van der Waals surface area contributed by atoms with Crippen LogP contribution in [0.4, 0.5) is 14.9 Å². The third-order valence-electron chi connectivity index (χ3n) is 5.13. The molecule has 0 unspecified atom stereocenters. The number of aromatic nitrogens is 2. The van der Waals surface area contributed by atoms with Crippen molar-refractivity contribution < 1.29 is 18.7 Å². The number of nitrogens with one attached hydrogen (secondary N) is 2. The smallest absolute Gasteiger partial charge is 0.416 e. The van der Waals surface area contributed by atoms with Crippen LogP contribution in [0.5, 0.6) is 17.5 Å². The number of ether oxygens (including phenoxy) is 2. The van der Waals surface area contributed by atoms with Crippen molar-refractivity contribution in [2.75, 3.05) is 11.8 Å². The number of rotatable bonds is 7. The predicted molar refractivity (Wildman–Crippen MR) is 120 cm³/mol. The normalized spacial score (nSPS) is 14.5. The average molecular weight is 456 g/mol. The standard InChI is InChI=1S/C22H22FN5O3S/c1-22(2)16-9-8-15(30-20-25-10-5-11-26-20)12-18(16)31-21(29)28(22)13-14-6-4-7-17(19(14)23)27-32-24-3/h4-12,24,27H,13H2,1-3H3. The fourth-order valence-electron chi connectivity index (χ4n) is 3.44. The molecule has 1 aliphatic rings. The van der Waals surface area contributed by atoms with Crippen molar-refractivity contribution in [3.05, 3.63) is 71.8 Å².